The Labute approximate surface area is 360 Å². The number of aromatic carboxylic acids is 4. The number of benzene rings is 6. The Bertz CT molecular complexity index is 2490. The molecule has 10 nitrogen and oxygen atoms in total. The highest BCUT2D eigenvalue weighted by molar-refractivity contribution is 5.90. The maximum Gasteiger partial charge on any atom is 0.335 e. The largest absolute Gasteiger partial charge is 0.478 e. The molecule has 0 heterocycles. The fourth-order valence-electron chi connectivity index (χ4n) is 5.87. The average Bonchev–Trinajstić information content (AvgIpc) is 3.27. The fourth-order valence-corrected chi connectivity index (χ4v) is 5.87. The van der Waals surface area contributed by atoms with Gasteiger partial charge in [-0.3, -0.25) is 0 Å². The van der Waals surface area contributed by atoms with Crippen molar-refractivity contribution in [3.63, 3.8) is 0 Å². The average molecular weight is 829 g/mol. The van der Waals surface area contributed by atoms with Crippen molar-refractivity contribution in [2.24, 2.45) is 0 Å². The van der Waals surface area contributed by atoms with Crippen molar-refractivity contribution >= 4 is 23.9 Å². The molecule has 4 N–H and O–H groups in total. The van der Waals surface area contributed by atoms with Gasteiger partial charge in [0.05, 0.1) is 22.3 Å². The van der Waals surface area contributed by atoms with E-state index in [2.05, 4.69) is 37.5 Å². The van der Waals surface area contributed by atoms with Crippen molar-refractivity contribution in [2.75, 3.05) is 0 Å². The van der Waals surface area contributed by atoms with E-state index in [4.69, 9.17) is 29.9 Å². The van der Waals surface area contributed by atoms with Crippen LogP contribution < -0.4 is 9.47 Å². The van der Waals surface area contributed by atoms with Crippen LogP contribution in [0.15, 0.2) is 133 Å². The van der Waals surface area contributed by atoms with Crippen molar-refractivity contribution in [3.05, 3.63) is 167 Å². The number of rotatable bonds is 14. The molecule has 0 saturated carbocycles. The van der Waals surface area contributed by atoms with Crippen LogP contribution in [0.2, 0.25) is 0 Å². The normalized spacial score (nSPS) is 10.1. The summed E-state index contributed by atoms with van der Waals surface area (Å²) in [6.07, 6.45) is 5.82. The van der Waals surface area contributed by atoms with Gasteiger partial charge in [-0.15, -0.1) is 0 Å². The predicted octanol–water partition coefficient (Wildman–Crippen LogP) is 12.2. The third-order valence-electron chi connectivity index (χ3n) is 9.19. The van der Waals surface area contributed by atoms with E-state index in [0.29, 0.717) is 28.6 Å². The minimum Gasteiger partial charge on any atom is -0.478 e. The lowest BCUT2D eigenvalue weighted by Gasteiger charge is -2.11. The zero-order chi connectivity index (χ0) is 44.4. The molecule has 0 aromatic heterocycles. The Morgan fingerprint density at radius 3 is 1.05 bits per heavy atom. The molecular formula is C52H44O10. The van der Waals surface area contributed by atoms with Gasteiger partial charge in [0.2, 0.25) is 0 Å². The third kappa shape index (κ3) is 13.5. The minimum atomic E-state index is -1.01. The summed E-state index contributed by atoms with van der Waals surface area (Å²) >= 11 is 0. The molecule has 0 bridgehead atoms. The van der Waals surface area contributed by atoms with E-state index < -0.39 is 23.9 Å². The summed E-state index contributed by atoms with van der Waals surface area (Å²) in [6.45, 7) is 4.23. The molecular weight excluding hydrogens is 785 g/mol. The van der Waals surface area contributed by atoms with Crippen LogP contribution in [-0.2, 0) is 0 Å². The van der Waals surface area contributed by atoms with Gasteiger partial charge in [-0.2, -0.15) is 0 Å². The lowest BCUT2D eigenvalue weighted by atomic mass is 9.95. The fraction of sp³-hybridized carbons (Fsp3) is 0.154. The van der Waals surface area contributed by atoms with Gasteiger partial charge in [0, 0.05) is 30.0 Å². The zero-order valence-electron chi connectivity index (χ0n) is 34.2. The monoisotopic (exact) mass is 828 g/mol. The molecule has 0 unspecified atom stereocenters. The topological polar surface area (TPSA) is 168 Å². The van der Waals surface area contributed by atoms with Crippen LogP contribution in [0, 0.1) is 23.7 Å². The van der Waals surface area contributed by atoms with Crippen molar-refractivity contribution in [3.8, 4) is 68.9 Å². The van der Waals surface area contributed by atoms with E-state index in [1.165, 1.54) is 24.3 Å². The lowest BCUT2D eigenvalue weighted by Crippen LogP contribution is -1.96. The quantitative estimate of drug-likeness (QED) is 0.0612. The van der Waals surface area contributed by atoms with Crippen LogP contribution in [-0.4, -0.2) is 44.3 Å². The lowest BCUT2D eigenvalue weighted by molar-refractivity contribution is 0.0686. The molecule has 0 aliphatic carbocycles. The summed E-state index contributed by atoms with van der Waals surface area (Å²) in [5, 5.41) is 36.3. The standard InChI is InChI=1S/C26H22O6.C26H22O4/c1-2-3-4-5-6-18-15-23(31-21-11-7-19(8-12-21)25(27)28)17-24(16-18)32-22-13-9-20(10-14-22)26(29)30;1-2-3-4-5-6-18-15-23(19-7-11-21(12-8-19)25(27)28)17-24(16-18)20-9-13-22(14-10-20)26(29)30/h7-17H,2-4H2,1H3,(H,27,28)(H,29,30);7-17H,2-4H2,1H3,(H,27,28)(H,29,30). The number of hydrogen-bond donors (Lipinski definition) is 4. The second-order valence-corrected chi connectivity index (χ2v) is 13.9. The second-order valence-electron chi connectivity index (χ2n) is 13.9. The first-order valence-corrected chi connectivity index (χ1v) is 19.9. The van der Waals surface area contributed by atoms with E-state index in [0.717, 1.165) is 66.3 Å². The van der Waals surface area contributed by atoms with Crippen LogP contribution in [0.5, 0.6) is 23.0 Å². The van der Waals surface area contributed by atoms with Crippen molar-refractivity contribution in [2.45, 2.75) is 52.4 Å². The van der Waals surface area contributed by atoms with Crippen LogP contribution in [0.1, 0.15) is 105 Å². The summed E-state index contributed by atoms with van der Waals surface area (Å²) in [4.78, 5) is 44.3. The van der Waals surface area contributed by atoms with E-state index in [9.17, 15) is 19.2 Å². The van der Waals surface area contributed by atoms with Gasteiger partial charge in [0.1, 0.15) is 23.0 Å². The van der Waals surface area contributed by atoms with Gasteiger partial charge in [0.25, 0.3) is 0 Å². The number of carbonyl (C=O) groups is 4. The highest BCUT2D eigenvalue weighted by atomic mass is 16.5. The Morgan fingerprint density at radius 2 is 0.726 bits per heavy atom. The maximum absolute atomic E-state index is 11.1. The first-order valence-electron chi connectivity index (χ1n) is 19.9. The highest BCUT2D eigenvalue weighted by Gasteiger charge is 2.11. The van der Waals surface area contributed by atoms with Crippen molar-refractivity contribution in [1.82, 2.24) is 0 Å². The van der Waals surface area contributed by atoms with Gasteiger partial charge in [0.15, 0.2) is 0 Å². The molecule has 6 rings (SSSR count). The highest BCUT2D eigenvalue weighted by Crippen LogP contribution is 2.32. The Hall–Kier alpha value is -8.08. The second kappa shape index (κ2) is 22.3. The van der Waals surface area contributed by atoms with Gasteiger partial charge in [-0.1, -0.05) is 74.6 Å². The summed E-state index contributed by atoms with van der Waals surface area (Å²) in [7, 11) is 0. The summed E-state index contributed by atoms with van der Waals surface area (Å²) in [6, 6.07) is 36.9. The molecule has 6 aromatic rings. The number of carboxylic acid groups (broad SMARTS) is 4. The smallest absolute Gasteiger partial charge is 0.335 e. The van der Waals surface area contributed by atoms with Crippen LogP contribution in [0.25, 0.3) is 22.3 Å². The zero-order valence-corrected chi connectivity index (χ0v) is 34.2. The van der Waals surface area contributed by atoms with Crippen LogP contribution >= 0.6 is 0 Å². The first kappa shape index (κ1) is 45.0. The number of carboxylic acids is 4. The van der Waals surface area contributed by atoms with E-state index >= 15 is 0 Å². The molecule has 0 fully saturated rings. The van der Waals surface area contributed by atoms with Gasteiger partial charge >= 0.3 is 23.9 Å². The SMILES string of the molecule is CCCCC#Cc1cc(-c2ccc(C(=O)O)cc2)cc(-c2ccc(C(=O)O)cc2)c1.CCCCC#Cc1cc(Oc2ccc(C(=O)O)cc2)cc(Oc2ccc(C(=O)O)cc2)c1. The Morgan fingerprint density at radius 1 is 0.403 bits per heavy atom. The molecule has 0 saturated heterocycles. The molecule has 0 amide bonds. The molecule has 0 atom stereocenters. The molecule has 0 aliphatic rings. The number of unbranched alkanes of at least 4 members (excludes halogenated alkanes) is 4. The molecule has 10 heteroatoms. The van der Waals surface area contributed by atoms with E-state index in [1.54, 1.807) is 91.0 Å². The molecule has 0 spiro atoms. The maximum atomic E-state index is 11.1. The van der Waals surface area contributed by atoms with E-state index in [1.807, 2.05) is 18.2 Å². The van der Waals surface area contributed by atoms with Crippen LogP contribution in [0.3, 0.4) is 0 Å². The van der Waals surface area contributed by atoms with Gasteiger partial charge < -0.3 is 29.9 Å². The number of ether oxygens (including phenoxy) is 2. The minimum absolute atomic E-state index is 0.168. The van der Waals surface area contributed by atoms with Gasteiger partial charge in [-0.05, 0) is 138 Å². The molecule has 0 aliphatic heterocycles. The number of hydrogen-bond acceptors (Lipinski definition) is 6. The summed E-state index contributed by atoms with van der Waals surface area (Å²) in [5.41, 5.74) is 6.00. The van der Waals surface area contributed by atoms with Crippen molar-refractivity contribution in [1.29, 1.82) is 0 Å². The molecule has 6 aromatic carbocycles. The molecule has 62 heavy (non-hydrogen) atoms. The third-order valence-corrected chi connectivity index (χ3v) is 9.19. The van der Waals surface area contributed by atoms with Crippen LogP contribution in [0.4, 0.5) is 0 Å². The summed E-state index contributed by atoms with van der Waals surface area (Å²) in [5.74, 6) is 10.6. The Kier molecular flexibility index (Phi) is 16.2. The van der Waals surface area contributed by atoms with E-state index in [-0.39, 0.29) is 22.3 Å². The molecule has 312 valence electrons. The van der Waals surface area contributed by atoms with Gasteiger partial charge in [-0.25, -0.2) is 19.2 Å². The van der Waals surface area contributed by atoms with Crippen molar-refractivity contribution < 1.29 is 49.1 Å². The summed E-state index contributed by atoms with van der Waals surface area (Å²) < 4.78 is 11.8. The first-order chi connectivity index (χ1) is 29.9. The molecule has 0 radical (unpaired) electrons. The Balaban J connectivity index is 0.000000235. The predicted molar refractivity (Wildman–Crippen MR) is 237 cm³/mol.